The molecular formula is C23H25F2N3O2. The van der Waals surface area contributed by atoms with Crippen LogP contribution in [0.15, 0.2) is 43.0 Å². The minimum absolute atomic E-state index is 0.107. The molecule has 2 aromatic carbocycles. The summed E-state index contributed by atoms with van der Waals surface area (Å²) in [5.74, 6) is -2.48. The molecule has 0 spiro atoms. The highest BCUT2D eigenvalue weighted by atomic mass is 19.2. The minimum Gasteiger partial charge on any atom is -0.383 e. The molecule has 5 nitrogen and oxygen atoms in total. The van der Waals surface area contributed by atoms with E-state index in [2.05, 4.69) is 16.8 Å². The fourth-order valence-corrected chi connectivity index (χ4v) is 4.08. The lowest BCUT2D eigenvalue weighted by Gasteiger charge is -2.32. The lowest BCUT2D eigenvalue weighted by atomic mass is 10.0. The van der Waals surface area contributed by atoms with Crippen molar-refractivity contribution in [3.8, 4) is 0 Å². The van der Waals surface area contributed by atoms with E-state index >= 15 is 0 Å². The number of hydrogen-bond acceptors (Lipinski definition) is 4. The van der Waals surface area contributed by atoms with Crippen molar-refractivity contribution in [2.24, 2.45) is 0 Å². The Hall–Kier alpha value is -2.77. The van der Waals surface area contributed by atoms with E-state index < -0.39 is 17.5 Å². The first-order valence-electron chi connectivity index (χ1n) is 10.1. The highest BCUT2D eigenvalue weighted by Crippen LogP contribution is 2.43. The van der Waals surface area contributed by atoms with Gasteiger partial charge in [-0.25, -0.2) is 8.78 Å². The SMILES string of the molecule is C=C1C(=O)N(c2cccc(F)c2F)c2ccc(NC3CCN(CCOC)CC3)cc21. The predicted octanol–water partition coefficient (Wildman–Crippen LogP) is 4.18. The van der Waals surface area contributed by atoms with Crippen molar-refractivity contribution in [1.29, 1.82) is 0 Å². The molecule has 1 N–H and O–H groups in total. The zero-order valence-electron chi connectivity index (χ0n) is 17.0. The Bertz CT molecular complexity index is 971. The van der Waals surface area contributed by atoms with E-state index in [-0.39, 0.29) is 11.3 Å². The number of nitrogens with one attached hydrogen (secondary N) is 1. The summed E-state index contributed by atoms with van der Waals surface area (Å²) in [4.78, 5) is 16.3. The van der Waals surface area contributed by atoms with Crippen LogP contribution in [0, 0.1) is 11.6 Å². The van der Waals surface area contributed by atoms with Gasteiger partial charge < -0.3 is 15.0 Å². The molecule has 30 heavy (non-hydrogen) atoms. The average molecular weight is 413 g/mol. The number of ether oxygens (including phenoxy) is 1. The van der Waals surface area contributed by atoms with Crippen LogP contribution in [0.25, 0.3) is 5.57 Å². The number of rotatable bonds is 6. The Morgan fingerprint density at radius 1 is 1.17 bits per heavy atom. The standard InChI is InChI=1S/C23H25F2N3O2/c1-15-18-14-17(26-16-8-10-27(11-9-16)12-13-30-2)6-7-20(18)28(23(15)29)21-5-3-4-19(24)22(21)25/h3-7,14,16,26H,1,8-13H2,2H3. The number of carbonyl (C=O) groups excluding carboxylic acids is 1. The van der Waals surface area contributed by atoms with Crippen molar-refractivity contribution in [3.05, 3.63) is 60.2 Å². The van der Waals surface area contributed by atoms with Crippen LogP contribution in [-0.4, -0.2) is 50.2 Å². The summed E-state index contributed by atoms with van der Waals surface area (Å²) >= 11 is 0. The molecule has 0 aromatic heterocycles. The van der Waals surface area contributed by atoms with Crippen LogP contribution in [0.3, 0.4) is 0 Å². The molecular weight excluding hydrogens is 388 g/mol. The monoisotopic (exact) mass is 413 g/mol. The van der Waals surface area contributed by atoms with Crippen molar-refractivity contribution in [3.63, 3.8) is 0 Å². The molecule has 0 aliphatic carbocycles. The molecule has 7 heteroatoms. The van der Waals surface area contributed by atoms with Crippen molar-refractivity contribution in [2.45, 2.75) is 18.9 Å². The fourth-order valence-electron chi connectivity index (χ4n) is 4.08. The van der Waals surface area contributed by atoms with Crippen LogP contribution >= 0.6 is 0 Å². The number of carbonyl (C=O) groups is 1. The highest BCUT2D eigenvalue weighted by molar-refractivity contribution is 6.34. The van der Waals surface area contributed by atoms with E-state index in [9.17, 15) is 13.6 Å². The smallest absolute Gasteiger partial charge is 0.263 e. The molecule has 1 fully saturated rings. The summed E-state index contributed by atoms with van der Waals surface area (Å²) in [6, 6.07) is 9.63. The molecule has 2 aromatic rings. The lowest BCUT2D eigenvalue weighted by Crippen LogP contribution is -2.40. The number of halogens is 2. The lowest BCUT2D eigenvalue weighted by molar-refractivity contribution is -0.112. The minimum atomic E-state index is -1.05. The number of likely N-dealkylation sites (tertiary alicyclic amines) is 1. The number of amides is 1. The Morgan fingerprint density at radius 2 is 1.93 bits per heavy atom. The maximum atomic E-state index is 14.3. The van der Waals surface area contributed by atoms with Gasteiger partial charge in [0.15, 0.2) is 11.6 Å². The number of anilines is 3. The fraction of sp³-hybridized carbons (Fsp3) is 0.348. The van der Waals surface area contributed by atoms with Gasteiger partial charge in [-0.15, -0.1) is 0 Å². The molecule has 2 aliphatic rings. The predicted molar refractivity (Wildman–Crippen MR) is 114 cm³/mol. The van der Waals surface area contributed by atoms with Crippen LogP contribution in [0.4, 0.5) is 25.8 Å². The number of piperidine rings is 1. The van der Waals surface area contributed by atoms with E-state index in [1.165, 1.54) is 17.0 Å². The largest absolute Gasteiger partial charge is 0.383 e. The summed E-state index contributed by atoms with van der Waals surface area (Å²) in [6.07, 6.45) is 2.03. The van der Waals surface area contributed by atoms with E-state index in [0.717, 1.165) is 50.8 Å². The van der Waals surface area contributed by atoms with Crippen molar-refractivity contribution < 1.29 is 18.3 Å². The van der Waals surface area contributed by atoms with Gasteiger partial charge in [0.05, 0.1) is 18.0 Å². The third kappa shape index (κ3) is 3.82. The summed E-state index contributed by atoms with van der Waals surface area (Å²) in [5, 5.41) is 3.53. The first-order valence-corrected chi connectivity index (χ1v) is 10.1. The topological polar surface area (TPSA) is 44.8 Å². The average Bonchev–Trinajstić information content (AvgIpc) is 3.00. The van der Waals surface area contributed by atoms with Crippen LogP contribution in [-0.2, 0) is 9.53 Å². The van der Waals surface area contributed by atoms with Gasteiger partial charge in [-0.3, -0.25) is 9.69 Å². The van der Waals surface area contributed by atoms with Gasteiger partial charge in [0.25, 0.3) is 5.91 Å². The number of benzene rings is 2. The number of methoxy groups -OCH3 is 1. The molecule has 0 radical (unpaired) electrons. The normalized spacial score (nSPS) is 17.5. The van der Waals surface area contributed by atoms with Gasteiger partial charge in [-0.05, 0) is 43.2 Å². The molecule has 0 atom stereocenters. The van der Waals surface area contributed by atoms with Gasteiger partial charge in [0, 0.05) is 49.6 Å². The maximum absolute atomic E-state index is 14.3. The van der Waals surface area contributed by atoms with Gasteiger partial charge in [0.2, 0.25) is 0 Å². The number of nitrogens with zero attached hydrogens (tertiary/aromatic N) is 2. The van der Waals surface area contributed by atoms with E-state index in [4.69, 9.17) is 4.74 Å². The molecule has 158 valence electrons. The van der Waals surface area contributed by atoms with Crippen molar-refractivity contribution in [2.75, 3.05) is 43.6 Å². The van der Waals surface area contributed by atoms with Crippen LogP contribution < -0.4 is 10.2 Å². The second-order valence-electron chi connectivity index (χ2n) is 7.68. The first-order chi connectivity index (χ1) is 14.5. The summed E-state index contributed by atoms with van der Waals surface area (Å²) in [7, 11) is 1.71. The number of hydrogen-bond donors (Lipinski definition) is 1. The second-order valence-corrected chi connectivity index (χ2v) is 7.68. The second kappa shape index (κ2) is 8.53. The van der Waals surface area contributed by atoms with Crippen LogP contribution in [0.5, 0.6) is 0 Å². The third-order valence-corrected chi connectivity index (χ3v) is 5.77. The van der Waals surface area contributed by atoms with E-state index in [1.54, 1.807) is 13.2 Å². The van der Waals surface area contributed by atoms with E-state index in [1.807, 2.05) is 12.1 Å². The van der Waals surface area contributed by atoms with Crippen molar-refractivity contribution in [1.82, 2.24) is 4.90 Å². The van der Waals surface area contributed by atoms with Crippen LogP contribution in [0.1, 0.15) is 18.4 Å². The maximum Gasteiger partial charge on any atom is 0.263 e. The first kappa shape index (κ1) is 20.5. The van der Waals surface area contributed by atoms with Gasteiger partial charge in [-0.2, -0.15) is 0 Å². The molecule has 2 aliphatic heterocycles. The van der Waals surface area contributed by atoms with Gasteiger partial charge in [0.1, 0.15) is 0 Å². The molecule has 1 amide bonds. The van der Waals surface area contributed by atoms with Gasteiger partial charge >= 0.3 is 0 Å². The quantitative estimate of drug-likeness (QED) is 0.722. The van der Waals surface area contributed by atoms with Crippen molar-refractivity contribution >= 4 is 28.5 Å². The zero-order valence-corrected chi connectivity index (χ0v) is 17.0. The van der Waals surface area contributed by atoms with E-state index in [0.29, 0.717) is 17.3 Å². The summed E-state index contributed by atoms with van der Waals surface area (Å²) < 4.78 is 33.2. The zero-order chi connectivity index (χ0) is 21.3. The Labute approximate surface area is 174 Å². The summed E-state index contributed by atoms with van der Waals surface area (Å²) in [6.45, 7) is 7.56. The van der Waals surface area contributed by atoms with Crippen LogP contribution in [0.2, 0.25) is 0 Å². The Morgan fingerprint density at radius 3 is 2.67 bits per heavy atom. The molecule has 1 saturated heterocycles. The molecule has 4 rings (SSSR count). The molecule has 2 heterocycles. The highest BCUT2D eigenvalue weighted by Gasteiger charge is 2.34. The molecule has 0 unspecified atom stereocenters. The summed E-state index contributed by atoms with van der Waals surface area (Å²) in [5.41, 5.74) is 2.19. The molecule has 0 bridgehead atoms. The Kier molecular flexibility index (Phi) is 5.83. The molecule has 0 saturated carbocycles. The third-order valence-electron chi connectivity index (χ3n) is 5.77. The number of fused-ring (bicyclic) bond motifs is 1. The Balaban J connectivity index is 1.51. The van der Waals surface area contributed by atoms with Gasteiger partial charge in [-0.1, -0.05) is 12.6 Å².